The smallest absolute Gasteiger partial charge is 0.196 e. The largest absolute Gasteiger partial charge is 0.450 e. The topological polar surface area (TPSA) is 39.2 Å². The van der Waals surface area contributed by atoms with E-state index >= 15 is 0 Å². The Kier molecular flexibility index (Phi) is 2.35. The molecule has 0 spiro atoms. The average Bonchev–Trinajstić information content (AvgIpc) is 2.13. The van der Waals surface area contributed by atoms with Crippen LogP contribution in [0, 0.1) is 6.92 Å². The molecule has 1 heterocycles. The van der Waals surface area contributed by atoms with Crippen molar-refractivity contribution in [2.24, 2.45) is 5.73 Å². The number of nitrogens with two attached hydrogens (primary N) is 1. The van der Waals surface area contributed by atoms with Crippen molar-refractivity contribution in [1.29, 1.82) is 0 Å². The number of rotatable bonds is 2. The molecule has 0 radical (unpaired) electrons. The Labute approximate surface area is 65.0 Å². The standard InChI is InChI=1S/C7H10ClNO/c1-5-4-6(2-3-9)7(8)10-5/h4H,2-3,9H2,1H3. The fourth-order valence-electron chi connectivity index (χ4n) is 0.864. The van der Waals surface area contributed by atoms with Crippen molar-refractivity contribution in [1.82, 2.24) is 0 Å². The monoisotopic (exact) mass is 159 g/mol. The van der Waals surface area contributed by atoms with Gasteiger partial charge in [0.2, 0.25) is 0 Å². The first-order chi connectivity index (χ1) is 4.74. The first-order valence-electron chi connectivity index (χ1n) is 3.19. The van der Waals surface area contributed by atoms with Crippen LogP contribution in [0.5, 0.6) is 0 Å². The Balaban J connectivity index is 2.81. The molecular weight excluding hydrogens is 150 g/mol. The third-order valence-corrected chi connectivity index (χ3v) is 1.61. The highest BCUT2D eigenvalue weighted by molar-refractivity contribution is 6.29. The second-order valence-electron chi connectivity index (χ2n) is 2.19. The van der Waals surface area contributed by atoms with Gasteiger partial charge in [0.1, 0.15) is 5.76 Å². The fraction of sp³-hybridized carbons (Fsp3) is 0.429. The summed E-state index contributed by atoms with van der Waals surface area (Å²) in [4.78, 5) is 0. The lowest BCUT2D eigenvalue weighted by Gasteiger charge is -1.89. The lowest BCUT2D eigenvalue weighted by Crippen LogP contribution is -2.01. The van der Waals surface area contributed by atoms with Crippen LogP contribution in [-0.4, -0.2) is 6.54 Å². The Hall–Kier alpha value is -0.470. The van der Waals surface area contributed by atoms with Gasteiger partial charge in [-0.2, -0.15) is 0 Å². The number of furan rings is 1. The molecule has 10 heavy (non-hydrogen) atoms. The maximum atomic E-state index is 5.70. The third kappa shape index (κ3) is 1.52. The second kappa shape index (κ2) is 3.08. The van der Waals surface area contributed by atoms with E-state index in [1.165, 1.54) is 0 Å². The molecule has 0 aliphatic carbocycles. The predicted molar refractivity (Wildman–Crippen MR) is 41.2 cm³/mol. The van der Waals surface area contributed by atoms with Gasteiger partial charge in [0.05, 0.1) is 0 Å². The van der Waals surface area contributed by atoms with Gasteiger partial charge in [-0.3, -0.25) is 0 Å². The van der Waals surface area contributed by atoms with E-state index in [1.54, 1.807) is 0 Å². The van der Waals surface area contributed by atoms with Gasteiger partial charge in [0.25, 0.3) is 0 Å². The minimum Gasteiger partial charge on any atom is -0.450 e. The average molecular weight is 160 g/mol. The van der Waals surface area contributed by atoms with E-state index in [2.05, 4.69) is 0 Å². The highest BCUT2D eigenvalue weighted by Gasteiger charge is 2.03. The van der Waals surface area contributed by atoms with Crippen molar-refractivity contribution in [3.8, 4) is 0 Å². The number of hydrogen-bond acceptors (Lipinski definition) is 2. The van der Waals surface area contributed by atoms with Crippen LogP contribution in [0.4, 0.5) is 0 Å². The summed E-state index contributed by atoms with van der Waals surface area (Å²) in [5.41, 5.74) is 6.34. The summed E-state index contributed by atoms with van der Waals surface area (Å²) < 4.78 is 5.08. The highest BCUT2D eigenvalue weighted by atomic mass is 35.5. The van der Waals surface area contributed by atoms with Crippen molar-refractivity contribution in [3.05, 3.63) is 22.6 Å². The molecule has 0 unspecified atom stereocenters. The molecule has 0 bridgehead atoms. The van der Waals surface area contributed by atoms with Crippen molar-refractivity contribution < 1.29 is 4.42 Å². The van der Waals surface area contributed by atoms with E-state index < -0.39 is 0 Å². The van der Waals surface area contributed by atoms with Crippen LogP contribution in [-0.2, 0) is 6.42 Å². The van der Waals surface area contributed by atoms with Gasteiger partial charge in [-0.25, -0.2) is 0 Å². The zero-order chi connectivity index (χ0) is 7.56. The van der Waals surface area contributed by atoms with E-state index in [4.69, 9.17) is 21.8 Å². The van der Waals surface area contributed by atoms with Crippen molar-refractivity contribution in [2.45, 2.75) is 13.3 Å². The molecule has 0 aliphatic heterocycles. The van der Waals surface area contributed by atoms with E-state index in [-0.39, 0.29) is 0 Å². The van der Waals surface area contributed by atoms with Gasteiger partial charge in [-0.15, -0.1) is 0 Å². The van der Waals surface area contributed by atoms with Gasteiger partial charge in [-0.05, 0) is 37.6 Å². The Morgan fingerprint density at radius 1 is 1.70 bits per heavy atom. The molecule has 56 valence electrons. The summed E-state index contributed by atoms with van der Waals surface area (Å²) in [6, 6.07) is 1.91. The molecule has 0 saturated heterocycles. The van der Waals surface area contributed by atoms with Crippen LogP contribution >= 0.6 is 11.6 Å². The van der Waals surface area contributed by atoms with Crippen LogP contribution in [0.1, 0.15) is 11.3 Å². The fourth-order valence-corrected chi connectivity index (χ4v) is 1.14. The van der Waals surface area contributed by atoms with Crippen LogP contribution in [0.15, 0.2) is 10.5 Å². The van der Waals surface area contributed by atoms with Crippen molar-refractivity contribution >= 4 is 11.6 Å². The minimum absolute atomic E-state index is 0.475. The predicted octanol–water partition coefficient (Wildman–Crippen LogP) is 1.74. The maximum Gasteiger partial charge on any atom is 0.196 e. The summed E-state index contributed by atoms with van der Waals surface area (Å²) in [6.07, 6.45) is 0.788. The SMILES string of the molecule is Cc1cc(CCN)c(Cl)o1. The molecule has 0 amide bonds. The molecule has 0 atom stereocenters. The van der Waals surface area contributed by atoms with Crippen LogP contribution in [0.2, 0.25) is 5.22 Å². The van der Waals surface area contributed by atoms with E-state index in [0.717, 1.165) is 17.7 Å². The summed E-state index contributed by atoms with van der Waals surface area (Å²) >= 11 is 5.70. The summed E-state index contributed by atoms with van der Waals surface area (Å²) in [7, 11) is 0. The molecule has 0 fully saturated rings. The molecule has 0 aliphatic rings. The molecular formula is C7H10ClNO. The summed E-state index contributed by atoms with van der Waals surface area (Å²) in [6.45, 7) is 2.48. The van der Waals surface area contributed by atoms with E-state index in [9.17, 15) is 0 Å². The van der Waals surface area contributed by atoms with Crippen molar-refractivity contribution in [2.75, 3.05) is 6.54 Å². The number of halogens is 1. The van der Waals surface area contributed by atoms with Crippen LogP contribution in [0.25, 0.3) is 0 Å². The van der Waals surface area contributed by atoms with Gasteiger partial charge in [0, 0.05) is 5.56 Å². The first kappa shape index (κ1) is 7.63. The van der Waals surface area contributed by atoms with Crippen molar-refractivity contribution in [3.63, 3.8) is 0 Å². The quantitative estimate of drug-likeness (QED) is 0.714. The molecule has 2 nitrogen and oxygen atoms in total. The second-order valence-corrected chi connectivity index (χ2v) is 2.54. The molecule has 1 rings (SSSR count). The van der Waals surface area contributed by atoms with Gasteiger partial charge >= 0.3 is 0 Å². The normalized spacial score (nSPS) is 10.3. The maximum absolute atomic E-state index is 5.70. The highest BCUT2D eigenvalue weighted by Crippen LogP contribution is 2.20. The Morgan fingerprint density at radius 2 is 2.40 bits per heavy atom. The molecule has 2 N–H and O–H groups in total. The molecule has 0 aromatic carbocycles. The number of aryl methyl sites for hydroxylation is 1. The molecule has 1 aromatic heterocycles. The van der Waals surface area contributed by atoms with Crippen LogP contribution < -0.4 is 5.73 Å². The van der Waals surface area contributed by atoms with E-state index in [1.807, 2.05) is 13.0 Å². The zero-order valence-corrected chi connectivity index (χ0v) is 6.61. The summed E-state index contributed by atoms with van der Waals surface area (Å²) in [5, 5.41) is 0.475. The van der Waals surface area contributed by atoms with Gasteiger partial charge in [0.15, 0.2) is 5.22 Å². The lowest BCUT2D eigenvalue weighted by molar-refractivity contribution is 0.534. The first-order valence-corrected chi connectivity index (χ1v) is 3.56. The molecule has 1 aromatic rings. The van der Waals surface area contributed by atoms with Gasteiger partial charge < -0.3 is 10.2 Å². The Morgan fingerprint density at radius 3 is 2.80 bits per heavy atom. The number of hydrogen-bond donors (Lipinski definition) is 1. The minimum atomic E-state index is 0.475. The van der Waals surface area contributed by atoms with Crippen LogP contribution in [0.3, 0.4) is 0 Å². The molecule has 0 saturated carbocycles. The zero-order valence-electron chi connectivity index (χ0n) is 5.86. The van der Waals surface area contributed by atoms with Gasteiger partial charge in [-0.1, -0.05) is 0 Å². The molecule has 3 heteroatoms. The third-order valence-electron chi connectivity index (χ3n) is 1.29. The lowest BCUT2D eigenvalue weighted by atomic mass is 10.2. The van der Waals surface area contributed by atoms with E-state index in [0.29, 0.717) is 11.8 Å². The Bertz CT molecular complexity index is 219. The summed E-state index contributed by atoms with van der Waals surface area (Å²) in [5.74, 6) is 0.841.